The number of rotatable bonds is 3. The lowest BCUT2D eigenvalue weighted by molar-refractivity contribution is 0.192. The normalized spacial score (nSPS) is 14.6. The summed E-state index contributed by atoms with van der Waals surface area (Å²) in [5.74, 6) is 1.49. The molecule has 0 aliphatic carbocycles. The largest absolute Gasteiger partial charge is 0.490 e. The molecule has 0 saturated carbocycles. The molecular weight excluding hydrogens is 246 g/mol. The Labute approximate surface area is 112 Å². The summed E-state index contributed by atoms with van der Waals surface area (Å²) in [4.78, 5) is 10.6. The van der Waals surface area contributed by atoms with Crippen LogP contribution in [-0.2, 0) is 5.41 Å². The van der Waals surface area contributed by atoms with Crippen LogP contribution in [-0.4, -0.2) is 31.0 Å². The number of ether oxygens (including phenoxy) is 2. The highest BCUT2D eigenvalue weighted by Gasteiger charge is 2.23. The molecule has 1 aliphatic heterocycles. The molecule has 0 bridgehead atoms. The zero-order chi connectivity index (χ0) is 13.9. The SMILES string of the molecule is CC(C)(CNC(=O)O)c1ccc2c(c1)OCCCO2. The Morgan fingerprint density at radius 2 is 2.00 bits per heavy atom. The van der Waals surface area contributed by atoms with Crippen molar-refractivity contribution in [1.29, 1.82) is 0 Å². The minimum Gasteiger partial charge on any atom is -0.490 e. The molecule has 2 N–H and O–H groups in total. The van der Waals surface area contributed by atoms with Gasteiger partial charge >= 0.3 is 6.09 Å². The predicted octanol–water partition coefficient (Wildman–Crippen LogP) is 2.39. The van der Waals surface area contributed by atoms with Crippen molar-refractivity contribution in [3.05, 3.63) is 23.8 Å². The molecule has 1 aromatic carbocycles. The maximum Gasteiger partial charge on any atom is 0.404 e. The van der Waals surface area contributed by atoms with E-state index in [2.05, 4.69) is 5.32 Å². The van der Waals surface area contributed by atoms with Gasteiger partial charge in [0.05, 0.1) is 13.2 Å². The molecule has 1 aromatic rings. The average Bonchev–Trinajstić information content (AvgIpc) is 2.60. The summed E-state index contributed by atoms with van der Waals surface area (Å²) in [6.07, 6.45) is -0.143. The summed E-state index contributed by atoms with van der Waals surface area (Å²) in [5.41, 5.74) is 0.716. The molecule has 104 valence electrons. The number of amides is 1. The molecule has 0 aromatic heterocycles. The van der Waals surface area contributed by atoms with E-state index in [1.54, 1.807) is 0 Å². The van der Waals surface area contributed by atoms with Crippen molar-refractivity contribution in [3.8, 4) is 11.5 Å². The van der Waals surface area contributed by atoms with Gasteiger partial charge in [-0.3, -0.25) is 0 Å². The first-order valence-corrected chi connectivity index (χ1v) is 6.36. The molecule has 19 heavy (non-hydrogen) atoms. The number of carbonyl (C=O) groups is 1. The molecule has 1 aliphatic rings. The van der Waals surface area contributed by atoms with E-state index in [9.17, 15) is 4.79 Å². The summed E-state index contributed by atoms with van der Waals surface area (Å²) in [6, 6.07) is 5.78. The van der Waals surface area contributed by atoms with E-state index >= 15 is 0 Å². The van der Waals surface area contributed by atoms with E-state index < -0.39 is 6.09 Å². The van der Waals surface area contributed by atoms with Crippen molar-refractivity contribution in [2.45, 2.75) is 25.7 Å². The molecule has 5 heteroatoms. The number of hydrogen-bond donors (Lipinski definition) is 2. The van der Waals surface area contributed by atoms with Gasteiger partial charge in [-0.15, -0.1) is 0 Å². The smallest absolute Gasteiger partial charge is 0.404 e. The Morgan fingerprint density at radius 3 is 2.68 bits per heavy atom. The van der Waals surface area contributed by atoms with Crippen molar-refractivity contribution < 1.29 is 19.4 Å². The highest BCUT2D eigenvalue weighted by molar-refractivity contribution is 5.64. The second-order valence-electron chi connectivity index (χ2n) is 5.25. The fraction of sp³-hybridized carbons (Fsp3) is 0.500. The summed E-state index contributed by atoms with van der Waals surface area (Å²) >= 11 is 0. The molecule has 0 fully saturated rings. The van der Waals surface area contributed by atoms with E-state index in [1.807, 2.05) is 32.0 Å². The highest BCUT2D eigenvalue weighted by Crippen LogP contribution is 2.34. The molecule has 1 amide bonds. The number of carboxylic acid groups (broad SMARTS) is 1. The van der Waals surface area contributed by atoms with Gasteiger partial charge in [-0.1, -0.05) is 19.9 Å². The average molecular weight is 265 g/mol. The highest BCUT2D eigenvalue weighted by atomic mass is 16.5. The lowest BCUT2D eigenvalue weighted by atomic mass is 9.84. The first-order chi connectivity index (χ1) is 8.99. The number of nitrogens with one attached hydrogen (secondary N) is 1. The Morgan fingerprint density at radius 1 is 1.32 bits per heavy atom. The van der Waals surface area contributed by atoms with Gasteiger partial charge in [-0.05, 0) is 17.7 Å². The third-order valence-corrected chi connectivity index (χ3v) is 3.21. The first kappa shape index (κ1) is 13.5. The molecule has 0 unspecified atom stereocenters. The minimum absolute atomic E-state index is 0.302. The zero-order valence-corrected chi connectivity index (χ0v) is 11.2. The maximum absolute atomic E-state index is 10.6. The molecule has 0 radical (unpaired) electrons. The Hall–Kier alpha value is -1.91. The van der Waals surface area contributed by atoms with Gasteiger partial charge < -0.3 is 19.9 Å². The van der Waals surface area contributed by atoms with Crippen LogP contribution in [0.1, 0.15) is 25.8 Å². The van der Waals surface area contributed by atoms with Crippen LogP contribution in [0.15, 0.2) is 18.2 Å². The Balaban J connectivity index is 2.20. The topological polar surface area (TPSA) is 67.8 Å². The van der Waals surface area contributed by atoms with Crippen molar-refractivity contribution in [3.63, 3.8) is 0 Å². The van der Waals surface area contributed by atoms with E-state index in [4.69, 9.17) is 14.6 Å². The molecule has 0 atom stereocenters. The Kier molecular flexibility index (Phi) is 3.83. The molecule has 2 rings (SSSR count). The maximum atomic E-state index is 10.6. The summed E-state index contributed by atoms with van der Waals surface area (Å²) < 4.78 is 11.2. The second kappa shape index (κ2) is 5.38. The van der Waals surface area contributed by atoms with Crippen LogP contribution < -0.4 is 14.8 Å². The van der Waals surface area contributed by atoms with Gasteiger partial charge in [0.1, 0.15) is 0 Å². The number of fused-ring (bicyclic) bond motifs is 1. The van der Waals surface area contributed by atoms with E-state index in [0.717, 1.165) is 23.5 Å². The van der Waals surface area contributed by atoms with Gasteiger partial charge in [0, 0.05) is 18.4 Å². The number of benzene rings is 1. The molecule has 1 heterocycles. The molecule has 5 nitrogen and oxygen atoms in total. The lowest BCUT2D eigenvalue weighted by Crippen LogP contribution is -2.35. The van der Waals surface area contributed by atoms with Crippen LogP contribution in [0, 0.1) is 0 Å². The van der Waals surface area contributed by atoms with Gasteiger partial charge in [-0.25, -0.2) is 4.79 Å². The lowest BCUT2D eigenvalue weighted by Gasteiger charge is -2.25. The Bertz CT molecular complexity index is 471. The fourth-order valence-electron chi connectivity index (χ4n) is 1.98. The van der Waals surface area contributed by atoms with Crippen LogP contribution in [0.5, 0.6) is 11.5 Å². The first-order valence-electron chi connectivity index (χ1n) is 6.36. The number of hydrogen-bond acceptors (Lipinski definition) is 3. The van der Waals surface area contributed by atoms with Crippen LogP contribution in [0.3, 0.4) is 0 Å². The molecular formula is C14H19NO4. The van der Waals surface area contributed by atoms with Crippen LogP contribution in [0.25, 0.3) is 0 Å². The van der Waals surface area contributed by atoms with E-state index in [1.165, 1.54) is 0 Å². The van der Waals surface area contributed by atoms with Crippen LogP contribution in [0.2, 0.25) is 0 Å². The van der Waals surface area contributed by atoms with E-state index in [0.29, 0.717) is 19.8 Å². The summed E-state index contributed by atoms with van der Waals surface area (Å²) in [5, 5.41) is 11.1. The predicted molar refractivity (Wildman–Crippen MR) is 71.1 cm³/mol. The van der Waals surface area contributed by atoms with E-state index in [-0.39, 0.29) is 5.41 Å². The van der Waals surface area contributed by atoms with Crippen LogP contribution in [0.4, 0.5) is 4.79 Å². The third-order valence-electron chi connectivity index (χ3n) is 3.21. The van der Waals surface area contributed by atoms with Gasteiger partial charge in [0.15, 0.2) is 11.5 Å². The van der Waals surface area contributed by atoms with Gasteiger partial charge in [-0.2, -0.15) is 0 Å². The van der Waals surface area contributed by atoms with Crippen molar-refractivity contribution in [1.82, 2.24) is 5.32 Å². The summed E-state index contributed by atoms with van der Waals surface area (Å²) in [7, 11) is 0. The van der Waals surface area contributed by atoms with Gasteiger partial charge in [0.2, 0.25) is 0 Å². The van der Waals surface area contributed by atoms with Crippen molar-refractivity contribution in [2.24, 2.45) is 0 Å². The van der Waals surface area contributed by atoms with Crippen LogP contribution >= 0.6 is 0 Å². The van der Waals surface area contributed by atoms with Crippen molar-refractivity contribution >= 4 is 6.09 Å². The molecule has 0 saturated heterocycles. The standard InChI is InChI=1S/C14H19NO4/c1-14(2,9-15-13(16)17)10-4-5-11-12(8-10)19-7-3-6-18-11/h4-5,8,15H,3,6-7,9H2,1-2H3,(H,16,17). The monoisotopic (exact) mass is 265 g/mol. The quantitative estimate of drug-likeness (QED) is 0.880. The zero-order valence-electron chi connectivity index (χ0n) is 11.2. The van der Waals surface area contributed by atoms with Gasteiger partial charge in [0.25, 0.3) is 0 Å². The third kappa shape index (κ3) is 3.30. The summed E-state index contributed by atoms with van der Waals surface area (Å²) in [6.45, 7) is 5.63. The van der Waals surface area contributed by atoms with Crippen molar-refractivity contribution in [2.75, 3.05) is 19.8 Å². The fourth-order valence-corrected chi connectivity index (χ4v) is 1.98. The molecule has 0 spiro atoms. The second-order valence-corrected chi connectivity index (χ2v) is 5.25. The minimum atomic E-state index is -1.01.